The minimum absolute atomic E-state index is 0.0559. The van der Waals surface area contributed by atoms with Crippen molar-refractivity contribution in [1.82, 2.24) is 10.3 Å². The van der Waals surface area contributed by atoms with Crippen LogP contribution >= 0.6 is 0 Å². The maximum Gasteiger partial charge on any atom is 0.226 e. The van der Waals surface area contributed by atoms with E-state index in [2.05, 4.69) is 15.6 Å². The Balaban J connectivity index is 2.54. The Morgan fingerprint density at radius 2 is 1.81 bits per heavy atom. The van der Waals surface area contributed by atoms with Crippen molar-refractivity contribution in [2.75, 3.05) is 11.9 Å². The molecule has 0 aliphatic rings. The summed E-state index contributed by atoms with van der Waals surface area (Å²) >= 11 is 0. The molecule has 0 unspecified atom stereocenters. The lowest BCUT2D eigenvalue weighted by atomic mass is 9.96. The highest BCUT2D eigenvalue weighted by Gasteiger charge is 2.20. The third-order valence-electron chi connectivity index (χ3n) is 3.11. The van der Waals surface area contributed by atoms with Crippen LogP contribution < -0.4 is 10.6 Å². The molecule has 0 radical (unpaired) electrons. The first-order valence-electron chi connectivity index (χ1n) is 7.14. The smallest absolute Gasteiger partial charge is 0.226 e. The van der Waals surface area contributed by atoms with Crippen LogP contribution in [0.2, 0.25) is 0 Å². The zero-order valence-electron chi connectivity index (χ0n) is 13.8. The van der Waals surface area contributed by atoms with E-state index in [0.29, 0.717) is 6.54 Å². The number of anilines is 1. The van der Waals surface area contributed by atoms with Gasteiger partial charge in [-0.1, -0.05) is 20.8 Å². The van der Waals surface area contributed by atoms with Gasteiger partial charge in [-0.25, -0.2) is 0 Å². The number of aromatic nitrogens is 1. The Bertz CT molecular complexity index is 522. The van der Waals surface area contributed by atoms with E-state index in [1.165, 1.54) is 0 Å². The van der Waals surface area contributed by atoms with Gasteiger partial charge in [-0.2, -0.15) is 0 Å². The first kappa shape index (κ1) is 17.1. The van der Waals surface area contributed by atoms with Crippen molar-refractivity contribution in [3.63, 3.8) is 0 Å². The van der Waals surface area contributed by atoms with Crippen molar-refractivity contribution in [3.05, 3.63) is 23.0 Å². The second-order valence-corrected chi connectivity index (χ2v) is 6.35. The Hall–Kier alpha value is -1.91. The second-order valence-electron chi connectivity index (χ2n) is 6.35. The van der Waals surface area contributed by atoms with Gasteiger partial charge in [-0.3, -0.25) is 14.6 Å². The van der Waals surface area contributed by atoms with Crippen LogP contribution in [0.4, 0.5) is 5.69 Å². The summed E-state index contributed by atoms with van der Waals surface area (Å²) in [5, 5.41) is 5.63. The third kappa shape index (κ3) is 5.17. The van der Waals surface area contributed by atoms with Gasteiger partial charge in [0.2, 0.25) is 11.8 Å². The molecular formula is C16H25N3O2. The van der Waals surface area contributed by atoms with E-state index >= 15 is 0 Å². The van der Waals surface area contributed by atoms with E-state index < -0.39 is 5.41 Å². The molecule has 5 heteroatoms. The molecule has 0 aliphatic carbocycles. The summed E-state index contributed by atoms with van der Waals surface area (Å²) in [7, 11) is 0. The van der Waals surface area contributed by atoms with E-state index in [1.54, 1.807) is 0 Å². The number of amides is 2. The van der Waals surface area contributed by atoms with Crippen LogP contribution in [0, 0.1) is 26.2 Å². The predicted molar refractivity (Wildman–Crippen MR) is 84.2 cm³/mol. The normalized spacial score (nSPS) is 11.1. The van der Waals surface area contributed by atoms with E-state index in [0.717, 1.165) is 22.6 Å². The van der Waals surface area contributed by atoms with E-state index in [9.17, 15) is 9.59 Å². The van der Waals surface area contributed by atoms with Gasteiger partial charge in [0, 0.05) is 24.1 Å². The molecule has 0 spiro atoms. The van der Waals surface area contributed by atoms with E-state index in [4.69, 9.17) is 0 Å². The summed E-state index contributed by atoms with van der Waals surface area (Å²) in [6.07, 6.45) is 0.245. The van der Waals surface area contributed by atoms with Gasteiger partial charge in [-0.15, -0.1) is 0 Å². The molecule has 0 saturated carbocycles. The number of nitrogens with zero attached hydrogens (tertiary/aromatic N) is 1. The van der Waals surface area contributed by atoms with Crippen LogP contribution in [0.15, 0.2) is 6.07 Å². The first-order chi connectivity index (χ1) is 9.61. The average molecular weight is 291 g/mol. The largest absolute Gasteiger partial charge is 0.355 e. The molecule has 1 aromatic heterocycles. The monoisotopic (exact) mass is 291 g/mol. The molecule has 2 amide bonds. The van der Waals surface area contributed by atoms with Crippen molar-refractivity contribution in [2.24, 2.45) is 5.41 Å². The fraction of sp³-hybridized carbons (Fsp3) is 0.562. The van der Waals surface area contributed by atoms with E-state index in [1.807, 2.05) is 47.6 Å². The summed E-state index contributed by atoms with van der Waals surface area (Å²) in [5.41, 5.74) is 3.05. The Morgan fingerprint density at radius 1 is 1.19 bits per heavy atom. The molecule has 2 N–H and O–H groups in total. The number of rotatable bonds is 4. The van der Waals surface area contributed by atoms with Gasteiger partial charge in [0.25, 0.3) is 0 Å². The topological polar surface area (TPSA) is 71.1 Å². The Morgan fingerprint density at radius 3 is 2.33 bits per heavy atom. The van der Waals surface area contributed by atoms with Crippen LogP contribution in [0.5, 0.6) is 0 Å². The van der Waals surface area contributed by atoms with Crippen LogP contribution in [-0.2, 0) is 9.59 Å². The molecule has 5 nitrogen and oxygen atoms in total. The zero-order chi connectivity index (χ0) is 16.2. The van der Waals surface area contributed by atoms with Crippen molar-refractivity contribution in [2.45, 2.75) is 48.0 Å². The Labute approximate surface area is 126 Å². The standard InChI is InChI=1S/C16H25N3O2/c1-10-9-11(2)18-12(3)14(10)19-13(20)7-8-17-15(21)16(4,5)6/h9H,7-8H2,1-6H3,(H,17,21)(H,19,20). The summed E-state index contributed by atoms with van der Waals surface area (Å²) in [4.78, 5) is 28.0. The molecule has 1 rings (SSSR count). The number of hydrogen-bond donors (Lipinski definition) is 2. The minimum Gasteiger partial charge on any atom is -0.355 e. The summed E-state index contributed by atoms with van der Waals surface area (Å²) in [6.45, 7) is 11.6. The number of pyridine rings is 1. The van der Waals surface area contributed by atoms with Gasteiger partial charge in [0.1, 0.15) is 0 Å². The first-order valence-corrected chi connectivity index (χ1v) is 7.14. The molecule has 0 fully saturated rings. The van der Waals surface area contributed by atoms with Gasteiger partial charge in [0.05, 0.1) is 11.4 Å². The maximum atomic E-state index is 11.9. The molecule has 21 heavy (non-hydrogen) atoms. The fourth-order valence-electron chi connectivity index (χ4n) is 1.97. The molecule has 116 valence electrons. The molecule has 0 saturated heterocycles. The molecular weight excluding hydrogens is 266 g/mol. The third-order valence-corrected chi connectivity index (χ3v) is 3.11. The highest BCUT2D eigenvalue weighted by atomic mass is 16.2. The molecule has 1 heterocycles. The number of carbonyl (C=O) groups excluding carboxylic acids is 2. The predicted octanol–water partition coefficient (Wildman–Crippen LogP) is 2.50. The minimum atomic E-state index is -0.440. The lowest BCUT2D eigenvalue weighted by Gasteiger charge is -2.17. The second kappa shape index (κ2) is 6.70. The van der Waals surface area contributed by atoms with Gasteiger partial charge in [-0.05, 0) is 32.4 Å². The van der Waals surface area contributed by atoms with Crippen molar-refractivity contribution >= 4 is 17.5 Å². The van der Waals surface area contributed by atoms with Crippen LogP contribution in [0.1, 0.15) is 44.1 Å². The van der Waals surface area contributed by atoms with Gasteiger partial charge in [0.15, 0.2) is 0 Å². The lowest BCUT2D eigenvalue weighted by molar-refractivity contribution is -0.128. The lowest BCUT2D eigenvalue weighted by Crippen LogP contribution is -2.36. The summed E-state index contributed by atoms with van der Waals surface area (Å²) in [6, 6.07) is 1.93. The number of hydrogen-bond acceptors (Lipinski definition) is 3. The van der Waals surface area contributed by atoms with Gasteiger partial charge < -0.3 is 10.6 Å². The summed E-state index contributed by atoms with van der Waals surface area (Å²) in [5.74, 6) is -0.180. The highest BCUT2D eigenvalue weighted by Crippen LogP contribution is 2.19. The van der Waals surface area contributed by atoms with Crippen molar-refractivity contribution < 1.29 is 9.59 Å². The number of nitrogens with one attached hydrogen (secondary N) is 2. The van der Waals surface area contributed by atoms with E-state index in [-0.39, 0.29) is 18.2 Å². The zero-order valence-corrected chi connectivity index (χ0v) is 13.8. The average Bonchev–Trinajstić information content (AvgIpc) is 2.32. The summed E-state index contributed by atoms with van der Waals surface area (Å²) < 4.78 is 0. The van der Waals surface area contributed by atoms with Crippen LogP contribution in [0.25, 0.3) is 0 Å². The molecule has 0 aliphatic heterocycles. The number of aryl methyl sites for hydroxylation is 3. The Kier molecular flexibility index (Phi) is 5.47. The van der Waals surface area contributed by atoms with Crippen molar-refractivity contribution in [1.29, 1.82) is 0 Å². The van der Waals surface area contributed by atoms with Crippen LogP contribution in [-0.4, -0.2) is 23.3 Å². The SMILES string of the molecule is Cc1cc(C)c(NC(=O)CCNC(=O)C(C)(C)C)c(C)n1. The highest BCUT2D eigenvalue weighted by molar-refractivity contribution is 5.92. The molecule has 1 aromatic rings. The molecule has 0 bridgehead atoms. The number of carbonyl (C=O) groups is 2. The molecule has 0 aromatic carbocycles. The fourth-order valence-corrected chi connectivity index (χ4v) is 1.97. The quantitative estimate of drug-likeness (QED) is 0.895. The van der Waals surface area contributed by atoms with Crippen molar-refractivity contribution in [3.8, 4) is 0 Å². The van der Waals surface area contributed by atoms with Crippen LogP contribution in [0.3, 0.4) is 0 Å². The van der Waals surface area contributed by atoms with Gasteiger partial charge >= 0.3 is 0 Å². The molecule has 0 atom stereocenters. The maximum absolute atomic E-state index is 11.9.